The lowest BCUT2D eigenvalue weighted by molar-refractivity contribution is 0.172. The van der Waals surface area contributed by atoms with E-state index in [1.807, 2.05) is 18.2 Å². The minimum absolute atomic E-state index is 0.402. The van der Waals surface area contributed by atoms with E-state index in [9.17, 15) is 0 Å². The van der Waals surface area contributed by atoms with Crippen molar-refractivity contribution in [3.8, 4) is 17.6 Å². The number of nitriles is 1. The predicted octanol–water partition coefficient (Wildman–Crippen LogP) is 5.29. The molecule has 0 fully saturated rings. The predicted molar refractivity (Wildman–Crippen MR) is 117 cm³/mol. The van der Waals surface area contributed by atoms with Crippen molar-refractivity contribution < 1.29 is 14.0 Å². The Morgan fingerprint density at radius 3 is 2.00 bits per heavy atom. The summed E-state index contributed by atoms with van der Waals surface area (Å²) in [5, 5.41) is 9.57. The van der Waals surface area contributed by atoms with Gasteiger partial charge in [0.1, 0.15) is 11.5 Å². The number of benzene rings is 2. The monoisotopic (exact) mass is 443 g/mol. The van der Waals surface area contributed by atoms with E-state index >= 15 is 0 Å². The van der Waals surface area contributed by atoms with Gasteiger partial charge in [-0.1, -0.05) is 49.7 Å². The van der Waals surface area contributed by atoms with Gasteiger partial charge < -0.3 is 14.0 Å². The zero-order valence-corrected chi connectivity index (χ0v) is 18.5. The van der Waals surface area contributed by atoms with Crippen LogP contribution < -0.4 is 10.2 Å². The Hall–Kier alpha value is -1.81. The molecular formula is C22H27BBrNO3. The lowest BCUT2D eigenvalue weighted by Gasteiger charge is -2.20. The fraction of sp³-hybridized carbons (Fsp3) is 0.409. The molecular weight excluding hydrogens is 417 g/mol. The lowest BCUT2D eigenvalue weighted by Crippen LogP contribution is -2.40. The third kappa shape index (κ3) is 6.98. The fourth-order valence-corrected chi connectivity index (χ4v) is 3.00. The second-order valence-electron chi connectivity index (χ2n) is 7.52. The average molecular weight is 444 g/mol. The quantitative estimate of drug-likeness (QED) is 0.370. The third-order valence-corrected chi connectivity index (χ3v) is 4.50. The van der Waals surface area contributed by atoms with Crippen LogP contribution in [0.2, 0.25) is 0 Å². The standard InChI is InChI=1S/C22H27BBrNO3/c1-16(2)14-26-23(27-15-17(3)4)22-10-9-21(11-19(22)12-24)28-20-7-5-18(13-25)6-8-20/h5-11,16-17H,12,14-15H2,1-4H3. The van der Waals surface area contributed by atoms with Crippen molar-refractivity contribution in [2.75, 3.05) is 13.2 Å². The maximum atomic E-state index is 8.91. The molecule has 0 bridgehead atoms. The molecule has 0 saturated carbocycles. The summed E-state index contributed by atoms with van der Waals surface area (Å²) < 4.78 is 18.0. The molecule has 0 radical (unpaired) electrons. The van der Waals surface area contributed by atoms with Gasteiger partial charge in [0.15, 0.2) is 0 Å². The fourth-order valence-electron chi connectivity index (χ4n) is 2.51. The zero-order valence-electron chi connectivity index (χ0n) is 16.9. The van der Waals surface area contributed by atoms with Crippen molar-refractivity contribution >= 4 is 28.5 Å². The van der Waals surface area contributed by atoms with Gasteiger partial charge in [0.2, 0.25) is 0 Å². The number of ether oxygens (including phenoxy) is 1. The highest BCUT2D eigenvalue weighted by Crippen LogP contribution is 2.23. The summed E-state index contributed by atoms with van der Waals surface area (Å²) in [4.78, 5) is 0. The molecule has 0 saturated heterocycles. The van der Waals surface area contributed by atoms with E-state index in [1.165, 1.54) is 0 Å². The van der Waals surface area contributed by atoms with Gasteiger partial charge in [0.05, 0.1) is 11.6 Å². The second kappa shape index (κ2) is 11.3. The van der Waals surface area contributed by atoms with Crippen molar-refractivity contribution in [2.45, 2.75) is 33.0 Å². The normalized spacial score (nSPS) is 10.9. The van der Waals surface area contributed by atoms with Gasteiger partial charge in [0.25, 0.3) is 0 Å². The van der Waals surface area contributed by atoms with Crippen LogP contribution in [-0.4, -0.2) is 20.3 Å². The highest BCUT2D eigenvalue weighted by atomic mass is 79.9. The van der Waals surface area contributed by atoms with Gasteiger partial charge in [-0.15, -0.1) is 0 Å². The van der Waals surface area contributed by atoms with Crippen LogP contribution in [0.4, 0.5) is 0 Å². The van der Waals surface area contributed by atoms with Crippen LogP contribution in [0.15, 0.2) is 42.5 Å². The molecule has 0 aliphatic rings. The van der Waals surface area contributed by atoms with Gasteiger partial charge in [0, 0.05) is 18.5 Å². The first-order valence-corrected chi connectivity index (χ1v) is 10.6. The van der Waals surface area contributed by atoms with E-state index in [1.54, 1.807) is 24.3 Å². The van der Waals surface area contributed by atoms with Crippen molar-refractivity contribution in [3.63, 3.8) is 0 Å². The van der Waals surface area contributed by atoms with Crippen LogP contribution in [0.25, 0.3) is 0 Å². The van der Waals surface area contributed by atoms with Crippen molar-refractivity contribution in [3.05, 3.63) is 53.6 Å². The Labute approximate surface area is 177 Å². The number of rotatable bonds is 10. The molecule has 0 atom stereocenters. The molecule has 2 rings (SSSR count). The van der Waals surface area contributed by atoms with Crippen LogP contribution in [0.3, 0.4) is 0 Å². The first kappa shape index (κ1) is 22.5. The van der Waals surface area contributed by atoms with Crippen LogP contribution in [0.1, 0.15) is 38.8 Å². The smallest absolute Gasteiger partial charge is 0.457 e. The van der Waals surface area contributed by atoms with Crippen LogP contribution in [0.5, 0.6) is 11.5 Å². The maximum Gasteiger partial charge on any atom is 0.494 e. The molecule has 0 amide bonds. The first-order valence-electron chi connectivity index (χ1n) is 9.53. The van der Waals surface area contributed by atoms with Crippen molar-refractivity contribution in [1.82, 2.24) is 0 Å². The zero-order chi connectivity index (χ0) is 20.5. The van der Waals surface area contributed by atoms with Crippen molar-refractivity contribution in [2.24, 2.45) is 11.8 Å². The van der Waals surface area contributed by atoms with Crippen LogP contribution in [-0.2, 0) is 14.6 Å². The first-order chi connectivity index (χ1) is 13.4. The number of nitrogens with zero attached hydrogens (tertiary/aromatic N) is 1. The van der Waals surface area contributed by atoms with E-state index in [2.05, 4.69) is 49.7 Å². The number of hydrogen-bond acceptors (Lipinski definition) is 4. The Morgan fingerprint density at radius 1 is 0.929 bits per heavy atom. The number of alkyl halides is 1. The average Bonchev–Trinajstić information content (AvgIpc) is 2.68. The molecule has 6 heteroatoms. The minimum Gasteiger partial charge on any atom is -0.457 e. The number of hydrogen-bond donors (Lipinski definition) is 0. The molecule has 0 aliphatic carbocycles. The molecule has 0 heterocycles. The van der Waals surface area contributed by atoms with Gasteiger partial charge in [-0.05, 0) is 59.3 Å². The summed E-state index contributed by atoms with van der Waals surface area (Å²) in [6, 6.07) is 15.1. The molecule has 28 heavy (non-hydrogen) atoms. The van der Waals surface area contributed by atoms with E-state index in [0.29, 0.717) is 41.7 Å². The van der Waals surface area contributed by atoms with Crippen molar-refractivity contribution in [1.29, 1.82) is 5.26 Å². The molecule has 2 aromatic carbocycles. The summed E-state index contributed by atoms with van der Waals surface area (Å²) in [5.74, 6) is 2.28. The summed E-state index contributed by atoms with van der Waals surface area (Å²) in [5.41, 5.74) is 2.67. The molecule has 148 valence electrons. The Kier molecular flexibility index (Phi) is 9.04. The van der Waals surface area contributed by atoms with Crippen LogP contribution >= 0.6 is 15.9 Å². The Balaban J connectivity index is 2.20. The topological polar surface area (TPSA) is 51.5 Å². The number of halogens is 1. The highest BCUT2D eigenvalue weighted by molar-refractivity contribution is 9.08. The second-order valence-corrected chi connectivity index (χ2v) is 8.08. The molecule has 0 unspecified atom stereocenters. The minimum atomic E-state index is -0.402. The molecule has 2 aromatic rings. The van der Waals surface area contributed by atoms with E-state index in [-0.39, 0.29) is 0 Å². The van der Waals surface area contributed by atoms with E-state index < -0.39 is 7.12 Å². The van der Waals surface area contributed by atoms with Gasteiger partial charge in [-0.3, -0.25) is 0 Å². The summed E-state index contributed by atoms with van der Waals surface area (Å²) in [6.45, 7) is 9.76. The highest BCUT2D eigenvalue weighted by Gasteiger charge is 2.25. The largest absolute Gasteiger partial charge is 0.494 e. The SMILES string of the molecule is CC(C)COB(OCC(C)C)c1ccc(Oc2ccc(C#N)cc2)cc1CBr. The Bertz CT molecular complexity index is 775. The summed E-state index contributed by atoms with van der Waals surface area (Å²) in [6.07, 6.45) is 0. The lowest BCUT2D eigenvalue weighted by atomic mass is 9.75. The third-order valence-electron chi connectivity index (χ3n) is 3.89. The van der Waals surface area contributed by atoms with Gasteiger partial charge in [-0.2, -0.15) is 5.26 Å². The van der Waals surface area contributed by atoms with Crippen LogP contribution in [0, 0.1) is 23.2 Å². The van der Waals surface area contributed by atoms with E-state index in [0.717, 1.165) is 16.8 Å². The molecule has 4 nitrogen and oxygen atoms in total. The Morgan fingerprint density at radius 2 is 1.50 bits per heavy atom. The molecule has 0 aromatic heterocycles. The summed E-state index contributed by atoms with van der Waals surface area (Å²) >= 11 is 3.57. The molecule has 0 N–H and O–H groups in total. The molecule has 0 aliphatic heterocycles. The van der Waals surface area contributed by atoms with Gasteiger partial charge >= 0.3 is 7.12 Å². The van der Waals surface area contributed by atoms with E-state index in [4.69, 9.17) is 19.3 Å². The summed E-state index contributed by atoms with van der Waals surface area (Å²) in [7, 11) is -0.402. The van der Waals surface area contributed by atoms with Gasteiger partial charge in [-0.25, -0.2) is 0 Å². The maximum absolute atomic E-state index is 8.91. The molecule has 0 spiro atoms.